The molecule has 4 nitrogen and oxygen atoms in total. The Hall–Kier alpha value is -1.92. The minimum atomic E-state index is -5.08. The summed E-state index contributed by atoms with van der Waals surface area (Å²) in [6.07, 6.45) is -5.08. The quantitative estimate of drug-likeness (QED) is 0.586. The van der Waals surface area contributed by atoms with Crippen LogP contribution >= 0.6 is 0 Å². The zero-order chi connectivity index (χ0) is 12.1. The lowest BCUT2D eigenvalue weighted by Gasteiger charge is -1.93. The second-order valence-corrected chi connectivity index (χ2v) is 2.29. The number of rotatable bonds is 0. The van der Waals surface area contributed by atoms with E-state index >= 15 is 0 Å². The Bertz CT molecular complexity index is 314. The van der Waals surface area contributed by atoms with Gasteiger partial charge in [-0.1, -0.05) is 12.1 Å². The van der Waals surface area contributed by atoms with E-state index in [0.29, 0.717) is 0 Å². The number of phenolic OH excluding ortho intramolecular Hbond substituents is 2. The summed E-state index contributed by atoms with van der Waals surface area (Å²) in [6, 6.07) is 6.15. The molecule has 1 rings (SSSR count). The predicted octanol–water partition coefficient (Wildman–Crippen LogP) is 1.73. The Labute approximate surface area is 82.2 Å². The first kappa shape index (κ1) is 13.1. The van der Waals surface area contributed by atoms with Crippen molar-refractivity contribution in [3.05, 3.63) is 24.3 Å². The van der Waals surface area contributed by atoms with E-state index in [1.807, 2.05) is 0 Å². The number of carboxylic acids is 1. The highest BCUT2D eigenvalue weighted by Crippen LogP contribution is 2.21. The van der Waals surface area contributed by atoms with Crippen LogP contribution in [0.1, 0.15) is 0 Å². The summed E-state index contributed by atoms with van der Waals surface area (Å²) >= 11 is 0. The van der Waals surface area contributed by atoms with E-state index in [0.717, 1.165) is 0 Å². The van der Waals surface area contributed by atoms with Gasteiger partial charge in [0.15, 0.2) is 11.5 Å². The van der Waals surface area contributed by atoms with Crippen LogP contribution in [0.15, 0.2) is 24.3 Å². The maximum Gasteiger partial charge on any atom is 0.490 e. The molecule has 1 aromatic rings. The summed E-state index contributed by atoms with van der Waals surface area (Å²) in [5.74, 6) is -2.91. The fourth-order valence-corrected chi connectivity index (χ4v) is 0.464. The van der Waals surface area contributed by atoms with E-state index in [1.54, 1.807) is 12.1 Å². The number of carboxylic acid groups (broad SMARTS) is 1. The molecule has 0 atom stereocenters. The number of phenols is 2. The lowest BCUT2D eigenvalue weighted by atomic mass is 10.3. The lowest BCUT2D eigenvalue weighted by Crippen LogP contribution is -2.21. The fraction of sp³-hybridized carbons (Fsp3) is 0.125. The maximum atomic E-state index is 10.6. The minimum absolute atomic E-state index is 0.0764. The molecule has 0 unspecified atom stereocenters. The molecule has 7 heteroatoms. The molecule has 0 aliphatic heterocycles. The highest BCUT2D eigenvalue weighted by atomic mass is 19.4. The second-order valence-electron chi connectivity index (χ2n) is 2.29. The number of benzene rings is 1. The minimum Gasteiger partial charge on any atom is -0.504 e. The molecule has 0 fully saturated rings. The first-order valence-electron chi connectivity index (χ1n) is 3.52. The average molecular weight is 224 g/mol. The van der Waals surface area contributed by atoms with Crippen LogP contribution in [0.25, 0.3) is 0 Å². The molecule has 0 aliphatic rings. The predicted molar refractivity (Wildman–Crippen MR) is 43.5 cm³/mol. The number of aromatic hydroxyl groups is 2. The zero-order valence-electron chi connectivity index (χ0n) is 7.19. The van der Waals surface area contributed by atoms with Gasteiger partial charge in [-0.15, -0.1) is 0 Å². The molecule has 0 aromatic heterocycles. The third-order valence-electron chi connectivity index (χ3n) is 1.12. The van der Waals surface area contributed by atoms with E-state index in [9.17, 15) is 13.2 Å². The summed E-state index contributed by atoms with van der Waals surface area (Å²) in [6.45, 7) is 0. The van der Waals surface area contributed by atoms with Gasteiger partial charge >= 0.3 is 12.1 Å². The van der Waals surface area contributed by atoms with Crippen LogP contribution in [0.3, 0.4) is 0 Å². The highest BCUT2D eigenvalue weighted by molar-refractivity contribution is 5.73. The molecule has 0 amide bonds. The van der Waals surface area contributed by atoms with Crippen molar-refractivity contribution in [2.45, 2.75) is 6.18 Å². The standard InChI is InChI=1S/C6H6O2.C2HF3O2/c7-5-3-1-2-4-6(5)8;3-2(4,5)1(6)7/h1-4,7-8H;(H,6,7). The van der Waals surface area contributed by atoms with Crippen molar-refractivity contribution < 1.29 is 33.3 Å². The van der Waals surface area contributed by atoms with Crippen molar-refractivity contribution in [1.82, 2.24) is 0 Å². The van der Waals surface area contributed by atoms with Crippen LogP contribution in [0.2, 0.25) is 0 Å². The highest BCUT2D eigenvalue weighted by Gasteiger charge is 2.38. The molecule has 0 spiro atoms. The molecule has 0 aliphatic carbocycles. The smallest absolute Gasteiger partial charge is 0.490 e. The molecule has 0 heterocycles. The van der Waals surface area contributed by atoms with Crippen molar-refractivity contribution >= 4 is 5.97 Å². The first-order valence-corrected chi connectivity index (χ1v) is 3.52. The molecule has 0 radical (unpaired) electrons. The van der Waals surface area contributed by atoms with Crippen LogP contribution in [-0.2, 0) is 4.79 Å². The van der Waals surface area contributed by atoms with Gasteiger partial charge in [-0.25, -0.2) is 4.79 Å². The number of hydrogen-bond acceptors (Lipinski definition) is 3. The van der Waals surface area contributed by atoms with Gasteiger partial charge in [-0.3, -0.25) is 0 Å². The second kappa shape index (κ2) is 5.08. The van der Waals surface area contributed by atoms with Gasteiger partial charge < -0.3 is 15.3 Å². The number of aliphatic carboxylic acids is 1. The van der Waals surface area contributed by atoms with Crippen molar-refractivity contribution in [3.63, 3.8) is 0 Å². The normalized spacial score (nSPS) is 10.1. The van der Waals surface area contributed by atoms with E-state index in [-0.39, 0.29) is 11.5 Å². The summed E-state index contributed by atoms with van der Waals surface area (Å²) in [4.78, 5) is 8.90. The number of para-hydroxylation sites is 2. The molecule has 15 heavy (non-hydrogen) atoms. The Balaban J connectivity index is 0.000000265. The van der Waals surface area contributed by atoms with Crippen molar-refractivity contribution in [2.75, 3.05) is 0 Å². The first-order chi connectivity index (χ1) is 6.75. The number of hydrogen-bond donors (Lipinski definition) is 3. The molecule has 1 aromatic carbocycles. The maximum absolute atomic E-state index is 10.6. The molecule has 84 valence electrons. The average Bonchev–Trinajstić information content (AvgIpc) is 2.09. The van der Waals surface area contributed by atoms with Crippen LogP contribution in [-0.4, -0.2) is 27.5 Å². The third kappa shape index (κ3) is 5.40. The van der Waals surface area contributed by atoms with Crippen molar-refractivity contribution in [3.8, 4) is 11.5 Å². The Morgan fingerprint density at radius 1 is 1.07 bits per heavy atom. The van der Waals surface area contributed by atoms with E-state index in [4.69, 9.17) is 20.1 Å². The summed E-state index contributed by atoms with van der Waals surface area (Å²) in [5, 5.41) is 24.5. The third-order valence-corrected chi connectivity index (χ3v) is 1.12. The molecule has 0 saturated carbocycles. The van der Waals surface area contributed by atoms with E-state index in [1.165, 1.54) is 12.1 Å². The van der Waals surface area contributed by atoms with Gasteiger partial charge in [0.25, 0.3) is 0 Å². The molecular weight excluding hydrogens is 217 g/mol. The Morgan fingerprint density at radius 3 is 1.47 bits per heavy atom. The van der Waals surface area contributed by atoms with E-state index in [2.05, 4.69) is 0 Å². The van der Waals surface area contributed by atoms with Gasteiger partial charge in [0, 0.05) is 0 Å². The van der Waals surface area contributed by atoms with E-state index < -0.39 is 12.1 Å². The van der Waals surface area contributed by atoms with Crippen LogP contribution in [0.4, 0.5) is 13.2 Å². The van der Waals surface area contributed by atoms with Gasteiger partial charge in [0.2, 0.25) is 0 Å². The van der Waals surface area contributed by atoms with Gasteiger partial charge in [-0.2, -0.15) is 13.2 Å². The summed E-state index contributed by atoms with van der Waals surface area (Å²) < 4.78 is 31.7. The monoisotopic (exact) mass is 224 g/mol. The number of alkyl halides is 3. The topological polar surface area (TPSA) is 77.8 Å². The van der Waals surface area contributed by atoms with Crippen LogP contribution in [0.5, 0.6) is 11.5 Å². The van der Waals surface area contributed by atoms with Gasteiger partial charge in [-0.05, 0) is 12.1 Å². The molecule has 3 N–H and O–H groups in total. The van der Waals surface area contributed by atoms with Crippen LogP contribution in [0, 0.1) is 0 Å². The lowest BCUT2D eigenvalue weighted by molar-refractivity contribution is -0.192. The van der Waals surface area contributed by atoms with Gasteiger partial charge in [0.05, 0.1) is 0 Å². The SMILES string of the molecule is O=C(O)C(F)(F)F.Oc1ccccc1O. The van der Waals surface area contributed by atoms with Crippen molar-refractivity contribution in [1.29, 1.82) is 0 Å². The van der Waals surface area contributed by atoms with Gasteiger partial charge in [0.1, 0.15) is 0 Å². The van der Waals surface area contributed by atoms with Crippen LogP contribution < -0.4 is 0 Å². The summed E-state index contributed by atoms with van der Waals surface area (Å²) in [7, 11) is 0. The Kier molecular flexibility index (Phi) is 4.43. The number of halogens is 3. The Morgan fingerprint density at radius 2 is 1.33 bits per heavy atom. The fourth-order valence-electron chi connectivity index (χ4n) is 0.464. The zero-order valence-corrected chi connectivity index (χ0v) is 7.19. The molecular formula is C8H7F3O4. The molecule has 0 bridgehead atoms. The van der Waals surface area contributed by atoms with Crippen molar-refractivity contribution in [2.24, 2.45) is 0 Å². The summed E-state index contributed by atoms with van der Waals surface area (Å²) in [5.41, 5.74) is 0. The number of carbonyl (C=O) groups is 1. The largest absolute Gasteiger partial charge is 0.504 e. The molecule has 0 saturated heterocycles.